The van der Waals surface area contributed by atoms with Gasteiger partial charge in [-0.1, -0.05) is 24.0 Å². The lowest BCUT2D eigenvalue weighted by atomic mass is 10.1. The predicted octanol–water partition coefficient (Wildman–Crippen LogP) is 2.33. The largest absolute Gasteiger partial charge is 0.384 e. The van der Waals surface area contributed by atoms with Crippen molar-refractivity contribution in [2.45, 2.75) is 13.5 Å². The van der Waals surface area contributed by atoms with E-state index < -0.39 is 0 Å². The van der Waals surface area contributed by atoms with Crippen molar-refractivity contribution in [1.29, 1.82) is 0 Å². The molecule has 0 spiro atoms. The Hall–Kier alpha value is -2.09. The Labute approximate surface area is 122 Å². The molecule has 1 amide bonds. The van der Waals surface area contributed by atoms with Crippen LogP contribution >= 0.6 is 11.3 Å². The summed E-state index contributed by atoms with van der Waals surface area (Å²) in [7, 11) is 0. The number of aliphatic hydroxyl groups is 1. The van der Waals surface area contributed by atoms with Crippen LogP contribution in [0.25, 0.3) is 0 Å². The zero-order chi connectivity index (χ0) is 14.4. The van der Waals surface area contributed by atoms with Gasteiger partial charge in [-0.15, -0.1) is 11.3 Å². The third kappa shape index (κ3) is 3.95. The molecule has 4 heteroatoms. The van der Waals surface area contributed by atoms with Crippen LogP contribution in [0.1, 0.15) is 25.7 Å². The highest BCUT2D eigenvalue weighted by Gasteiger charge is 2.07. The number of nitrogens with one attached hydrogen (secondary N) is 1. The molecule has 0 fully saturated rings. The van der Waals surface area contributed by atoms with Gasteiger partial charge in [-0.05, 0) is 36.8 Å². The Kier molecular flexibility index (Phi) is 4.94. The lowest BCUT2D eigenvalue weighted by Gasteiger charge is -2.04. The molecule has 2 aromatic rings. The Bertz CT molecular complexity index is 664. The maximum atomic E-state index is 11.9. The monoisotopic (exact) mass is 285 g/mol. The summed E-state index contributed by atoms with van der Waals surface area (Å²) in [6.45, 7) is 2.29. The summed E-state index contributed by atoms with van der Waals surface area (Å²) in [6, 6.07) is 11.4. The maximum absolute atomic E-state index is 11.9. The van der Waals surface area contributed by atoms with E-state index in [4.69, 9.17) is 5.11 Å². The highest BCUT2D eigenvalue weighted by molar-refractivity contribution is 7.13. The third-order valence-electron chi connectivity index (χ3n) is 2.66. The normalized spacial score (nSPS) is 9.70. The summed E-state index contributed by atoms with van der Waals surface area (Å²) >= 11 is 1.48. The van der Waals surface area contributed by atoms with Gasteiger partial charge in [-0.2, -0.15) is 0 Å². The number of aliphatic hydroxyl groups excluding tert-OH is 1. The minimum absolute atomic E-state index is 0.0602. The summed E-state index contributed by atoms with van der Waals surface area (Å²) in [5.41, 5.74) is 1.81. The van der Waals surface area contributed by atoms with E-state index in [-0.39, 0.29) is 12.5 Å². The van der Waals surface area contributed by atoms with Crippen molar-refractivity contribution in [2.75, 3.05) is 6.61 Å². The molecule has 0 atom stereocenters. The molecular formula is C16H15NO2S. The van der Waals surface area contributed by atoms with Crippen LogP contribution in [0, 0.1) is 18.8 Å². The standard InChI is InChI=1S/C16H15NO2S/c1-12-7-8-15(20-12)16(19)17-11-14-5-2-4-13(10-14)6-3-9-18/h2,4-5,7-8,10,18H,9,11H2,1H3,(H,17,19). The first-order valence-electron chi connectivity index (χ1n) is 6.22. The van der Waals surface area contributed by atoms with Crippen LogP contribution in [-0.2, 0) is 6.54 Å². The van der Waals surface area contributed by atoms with Crippen molar-refractivity contribution in [3.05, 3.63) is 57.3 Å². The second kappa shape index (κ2) is 6.90. The topological polar surface area (TPSA) is 49.3 Å². The van der Waals surface area contributed by atoms with Gasteiger partial charge in [-0.25, -0.2) is 0 Å². The number of rotatable bonds is 3. The first-order valence-corrected chi connectivity index (χ1v) is 7.04. The minimum atomic E-state index is -0.154. The molecule has 0 unspecified atom stereocenters. The number of hydrogen-bond donors (Lipinski definition) is 2. The van der Waals surface area contributed by atoms with Crippen LogP contribution in [0.5, 0.6) is 0 Å². The number of hydrogen-bond acceptors (Lipinski definition) is 3. The van der Waals surface area contributed by atoms with Crippen molar-refractivity contribution < 1.29 is 9.90 Å². The van der Waals surface area contributed by atoms with E-state index in [0.717, 1.165) is 20.9 Å². The Balaban J connectivity index is 1.98. The van der Waals surface area contributed by atoms with Crippen molar-refractivity contribution in [3.63, 3.8) is 0 Å². The average Bonchev–Trinajstić information content (AvgIpc) is 2.90. The quantitative estimate of drug-likeness (QED) is 0.850. The second-order valence-corrected chi connectivity index (χ2v) is 5.54. The molecule has 3 nitrogen and oxygen atoms in total. The minimum Gasteiger partial charge on any atom is -0.384 e. The van der Waals surface area contributed by atoms with Crippen LogP contribution in [0.3, 0.4) is 0 Å². The zero-order valence-electron chi connectivity index (χ0n) is 11.1. The summed E-state index contributed by atoms with van der Waals surface area (Å²) in [6.07, 6.45) is 0. The van der Waals surface area contributed by atoms with Crippen molar-refractivity contribution in [1.82, 2.24) is 5.32 Å². The molecule has 102 valence electrons. The maximum Gasteiger partial charge on any atom is 0.261 e. The van der Waals surface area contributed by atoms with Crippen molar-refractivity contribution >= 4 is 17.2 Å². The molecule has 20 heavy (non-hydrogen) atoms. The first-order chi connectivity index (χ1) is 9.69. The fraction of sp³-hybridized carbons (Fsp3) is 0.188. The average molecular weight is 285 g/mol. The van der Waals surface area contributed by atoms with E-state index in [1.807, 2.05) is 43.3 Å². The highest BCUT2D eigenvalue weighted by Crippen LogP contribution is 2.14. The van der Waals surface area contributed by atoms with Gasteiger partial charge >= 0.3 is 0 Å². The molecule has 1 aromatic carbocycles. The number of amides is 1. The molecule has 1 aromatic heterocycles. The lowest BCUT2D eigenvalue weighted by Crippen LogP contribution is -2.21. The van der Waals surface area contributed by atoms with Crippen molar-refractivity contribution in [2.24, 2.45) is 0 Å². The summed E-state index contributed by atoms with van der Waals surface area (Å²) in [5, 5.41) is 11.6. The highest BCUT2D eigenvalue weighted by atomic mass is 32.1. The van der Waals surface area contributed by atoms with Crippen LogP contribution in [0.15, 0.2) is 36.4 Å². The van der Waals surface area contributed by atoms with Crippen LogP contribution in [-0.4, -0.2) is 17.6 Å². The summed E-state index contributed by atoms with van der Waals surface area (Å²) in [4.78, 5) is 13.8. The Morgan fingerprint density at radius 3 is 2.90 bits per heavy atom. The number of thiophene rings is 1. The molecule has 2 rings (SSSR count). The number of benzene rings is 1. The van der Waals surface area contributed by atoms with E-state index in [9.17, 15) is 4.79 Å². The molecule has 0 aliphatic rings. The second-order valence-electron chi connectivity index (χ2n) is 4.25. The summed E-state index contributed by atoms with van der Waals surface area (Å²) in [5.74, 6) is 5.39. The van der Waals surface area contributed by atoms with E-state index >= 15 is 0 Å². The van der Waals surface area contributed by atoms with Gasteiger partial charge in [0.2, 0.25) is 0 Å². The number of aryl methyl sites for hydroxylation is 1. The summed E-state index contributed by atoms with van der Waals surface area (Å²) < 4.78 is 0. The van der Waals surface area contributed by atoms with Gasteiger partial charge in [0, 0.05) is 17.0 Å². The van der Waals surface area contributed by atoms with Gasteiger partial charge in [0.15, 0.2) is 0 Å². The Morgan fingerprint density at radius 2 is 2.20 bits per heavy atom. The van der Waals surface area contributed by atoms with E-state index in [2.05, 4.69) is 17.2 Å². The molecule has 0 bridgehead atoms. The molecule has 0 saturated carbocycles. The molecule has 2 N–H and O–H groups in total. The first kappa shape index (κ1) is 14.3. The lowest BCUT2D eigenvalue weighted by molar-refractivity contribution is 0.0955. The van der Waals surface area contributed by atoms with E-state index in [1.165, 1.54) is 11.3 Å². The number of carbonyl (C=O) groups is 1. The fourth-order valence-corrected chi connectivity index (χ4v) is 2.51. The van der Waals surface area contributed by atoms with E-state index in [0.29, 0.717) is 6.54 Å². The van der Waals surface area contributed by atoms with Crippen LogP contribution in [0.4, 0.5) is 0 Å². The van der Waals surface area contributed by atoms with E-state index in [1.54, 1.807) is 0 Å². The van der Waals surface area contributed by atoms with Gasteiger partial charge < -0.3 is 10.4 Å². The zero-order valence-corrected chi connectivity index (χ0v) is 12.0. The predicted molar refractivity (Wildman–Crippen MR) is 80.6 cm³/mol. The SMILES string of the molecule is Cc1ccc(C(=O)NCc2cccc(C#CCO)c2)s1. The van der Waals surface area contributed by atoms with Gasteiger partial charge in [0.05, 0.1) is 4.88 Å². The molecule has 0 radical (unpaired) electrons. The smallest absolute Gasteiger partial charge is 0.261 e. The molecular weight excluding hydrogens is 270 g/mol. The fourth-order valence-electron chi connectivity index (χ4n) is 1.73. The van der Waals surface area contributed by atoms with Gasteiger partial charge in [0.1, 0.15) is 6.61 Å². The molecule has 1 heterocycles. The molecule has 0 aliphatic heterocycles. The third-order valence-corrected chi connectivity index (χ3v) is 3.66. The van der Waals surface area contributed by atoms with Crippen molar-refractivity contribution in [3.8, 4) is 11.8 Å². The Morgan fingerprint density at radius 1 is 1.35 bits per heavy atom. The molecule has 0 aliphatic carbocycles. The van der Waals surface area contributed by atoms with Crippen LogP contribution < -0.4 is 5.32 Å². The van der Waals surface area contributed by atoms with Gasteiger partial charge in [-0.3, -0.25) is 4.79 Å². The number of carbonyl (C=O) groups excluding carboxylic acids is 1. The molecule has 0 saturated heterocycles. The van der Waals surface area contributed by atoms with Gasteiger partial charge in [0.25, 0.3) is 5.91 Å². The van der Waals surface area contributed by atoms with Crippen LogP contribution in [0.2, 0.25) is 0 Å².